The molecule has 9 rings (SSSR count). The number of piperidine rings is 2. The first-order valence-corrected chi connectivity index (χ1v) is 21.0. The van der Waals surface area contributed by atoms with E-state index in [1.54, 1.807) is 18.3 Å². The zero-order valence-electron chi connectivity index (χ0n) is 33.6. The summed E-state index contributed by atoms with van der Waals surface area (Å²) in [5.41, 5.74) is 7.49. The van der Waals surface area contributed by atoms with Crippen molar-refractivity contribution in [3.05, 3.63) is 126 Å². The quantitative estimate of drug-likeness (QED) is 0.0698. The molecular weight excluding hydrogens is 755 g/mol. The summed E-state index contributed by atoms with van der Waals surface area (Å²) in [5.74, 6) is 0.302. The minimum Gasteiger partial charge on any atom is -0.492 e. The van der Waals surface area contributed by atoms with E-state index in [1.807, 2.05) is 36.7 Å². The summed E-state index contributed by atoms with van der Waals surface area (Å²) < 4.78 is 12.2. The molecule has 6 heterocycles. The van der Waals surface area contributed by atoms with Gasteiger partial charge in [-0.2, -0.15) is 0 Å². The molecule has 3 N–H and O–H groups in total. The fourth-order valence-electron chi connectivity index (χ4n) is 8.74. The number of H-pyrrole nitrogens is 1. The number of unbranched alkanes of at least 4 members (excludes halogenated alkanes) is 2. The van der Waals surface area contributed by atoms with Gasteiger partial charge >= 0.3 is 0 Å². The highest BCUT2D eigenvalue weighted by Gasteiger charge is 2.45. The van der Waals surface area contributed by atoms with Crippen molar-refractivity contribution in [1.29, 1.82) is 0 Å². The van der Waals surface area contributed by atoms with Crippen LogP contribution in [0.2, 0.25) is 0 Å². The third-order valence-corrected chi connectivity index (χ3v) is 11.8. The number of imide groups is 1. The van der Waals surface area contributed by atoms with Gasteiger partial charge in [-0.05, 0) is 112 Å². The van der Waals surface area contributed by atoms with Gasteiger partial charge in [0, 0.05) is 82.5 Å². The molecule has 6 aromatic rings. The first-order valence-electron chi connectivity index (χ1n) is 21.0. The van der Waals surface area contributed by atoms with Gasteiger partial charge in [-0.3, -0.25) is 29.2 Å². The summed E-state index contributed by atoms with van der Waals surface area (Å²) in [6.07, 6.45) is 12.5. The van der Waals surface area contributed by atoms with E-state index in [0.717, 1.165) is 102 Å². The molecule has 0 bridgehead atoms. The summed E-state index contributed by atoms with van der Waals surface area (Å²) in [6, 6.07) is 25.3. The molecule has 12 nitrogen and oxygen atoms in total. The van der Waals surface area contributed by atoms with Crippen molar-refractivity contribution in [2.24, 2.45) is 0 Å². The number of aromatic nitrogens is 3. The molecular formula is C48H49N7O5. The van der Waals surface area contributed by atoms with Crippen LogP contribution in [-0.2, 0) is 11.2 Å². The molecule has 12 heteroatoms. The maximum atomic E-state index is 13.6. The highest BCUT2D eigenvalue weighted by molar-refractivity contribution is 6.25. The van der Waals surface area contributed by atoms with Gasteiger partial charge in [0.05, 0.1) is 17.7 Å². The van der Waals surface area contributed by atoms with Crippen LogP contribution in [0.1, 0.15) is 71.2 Å². The van der Waals surface area contributed by atoms with E-state index in [-0.39, 0.29) is 11.9 Å². The Morgan fingerprint density at radius 3 is 2.62 bits per heavy atom. The van der Waals surface area contributed by atoms with Gasteiger partial charge in [-0.25, -0.2) is 4.98 Å². The van der Waals surface area contributed by atoms with E-state index >= 15 is 0 Å². The number of aromatic amines is 1. The summed E-state index contributed by atoms with van der Waals surface area (Å²) in [7, 11) is 0. The molecule has 2 unspecified atom stereocenters. The number of carbonyl (C=O) groups is 3. The predicted molar refractivity (Wildman–Crippen MR) is 232 cm³/mol. The third-order valence-electron chi connectivity index (χ3n) is 11.8. The van der Waals surface area contributed by atoms with Crippen LogP contribution in [0.4, 0.5) is 5.69 Å². The summed E-state index contributed by atoms with van der Waals surface area (Å²) >= 11 is 0. The molecule has 3 aromatic heterocycles. The number of rotatable bonds is 15. The van der Waals surface area contributed by atoms with Crippen LogP contribution in [0.25, 0.3) is 32.9 Å². The fraction of sp³-hybridized carbons (Fsp3) is 0.312. The maximum absolute atomic E-state index is 13.6. The number of likely N-dealkylation sites (tertiary alicyclic amines) is 1. The molecule has 3 aliphatic rings. The molecule has 2 saturated heterocycles. The lowest BCUT2D eigenvalue weighted by Gasteiger charge is -2.34. The topological polar surface area (TPSA) is 142 Å². The van der Waals surface area contributed by atoms with Crippen molar-refractivity contribution in [3.8, 4) is 22.8 Å². The van der Waals surface area contributed by atoms with Crippen molar-refractivity contribution >= 4 is 45.2 Å². The summed E-state index contributed by atoms with van der Waals surface area (Å²) in [4.78, 5) is 55.5. The molecule has 0 aliphatic carbocycles. The van der Waals surface area contributed by atoms with E-state index in [9.17, 15) is 14.4 Å². The van der Waals surface area contributed by atoms with E-state index in [0.29, 0.717) is 54.4 Å². The Labute approximate surface area is 349 Å². The van der Waals surface area contributed by atoms with Crippen molar-refractivity contribution in [3.63, 3.8) is 0 Å². The Morgan fingerprint density at radius 2 is 1.73 bits per heavy atom. The Kier molecular flexibility index (Phi) is 11.3. The molecule has 2 atom stereocenters. The number of ether oxygens (including phenoxy) is 2. The Hall–Kier alpha value is -6.53. The number of anilines is 1. The Morgan fingerprint density at radius 1 is 0.833 bits per heavy atom. The van der Waals surface area contributed by atoms with Gasteiger partial charge in [-0.15, -0.1) is 0 Å². The van der Waals surface area contributed by atoms with Gasteiger partial charge in [-0.1, -0.05) is 36.9 Å². The number of allylic oxidation sites excluding steroid dienone is 1. The van der Waals surface area contributed by atoms with Crippen LogP contribution in [-0.4, -0.2) is 87.4 Å². The van der Waals surface area contributed by atoms with E-state index in [2.05, 4.69) is 79.5 Å². The smallest absolute Gasteiger partial charge is 0.264 e. The molecule has 0 radical (unpaired) electrons. The molecule has 60 heavy (non-hydrogen) atoms. The van der Waals surface area contributed by atoms with Crippen molar-refractivity contribution in [1.82, 2.24) is 30.1 Å². The fourth-order valence-corrected chi connectivity index (χ4v) is 8.74. The van der Waals surface area contributed by atoms with E-state index in [1.165, 1.54) is 5.56 Å². The number of nitrogens with one attached hydrogen (secondary N) is 3. The van der Waals surface area contributed by atoms with E-state index < -0.39 is 17.9 Å². The third kappa shape index (κ3) is 8.33. The van der Waals surface area contributed by atoms with Gasteiger partial charge in [0.15, 0.2) is 0 Å². The minimum absolute atomic E-state index is 0.102. The van der Waals surface area contributed by atoms with Gasteiger partial charge < -0.3 is 25.1 Å². The first kappa shape index (κ1) is 39.0. The molecule has 3 aromatic carbocycles. The number of pyridine rings is 2. The minimum atomic E-state index is -0.833. The van der Waals surface area contributed by atoms with Crippen LogP contribution in [0.3, 0.4) is 0 Å². The largest absolute Gasteiger partial charge is 0.492 e. The van der Waals surface area contributed by atoms with Crippen LogP contribution < -0.4 is 20.1 Å². The van der Waals surface area contributed by atoms with Crippen LogP contribution in [0.5, 0.6) is 11.6 Å². The Balaban J connectivity index is 0.691. The zero-order chi connectivity index (χ0) is 41.0. The number of aryl methyl sites for hydroxylation is 1. The van der Waals surface area contributed by atoms with Gasteiger partial charge in [0.1, 0.15) is 18.4 Å². The SMILES string of the molecule is C=C1CCC(N2C(=O)c3cccc(NC4CCCN(CCOc5cccc(CCCCCOc6ccc(-c7ccc8c(c7)[nH]c7ccncc78)cn6)c5)C4)c3C2=O)C(=O)N1. The normalized spacial score (nSPS) is 18.2. The number of nitrogens with zero attached hydrogens (tertiary/aromatic N) is 4. The van der Waals surface area contributed by atoms with Crippen molar-refractivity contribution < 1.29 is 23.9 Å². The average molecular weight is 804 g/mol. The number of hydrogen-bond donors (Lipinski definition) is 3. The predicted octanol–water partition coefficient (Wildman–Crippen LogP) is 7.91. The second-order valence-electron chi connectivity index (χ2n) is 16.0. The molecule has 0 saturated carbocycles. The second-order valence-corrected chi connectivity index (χ2v) is 16.0. The lowest BCUT2D eigenvalue weighted by Crippen LogP contribution is -2.51. The number of amides is 3. The van der Waals surface area contributed by atoms with Crippen LogP contribution in [0, 0.1) is 0 Å². The number of carbonyl (C=O) groups excluding carboxylic acids is 3. The molecule has 2 fully saturated rings. The second kappa shape index (κ2) is 17.4. The van der Waals surface area contributed by atoms with Gasteiger partial charge in [0.25, 0.3) is 11.8 Å². The number of fused-ring (bicyclic) bond motifs is 4. The lowest BCUT2D eigenvalue weighted by molar-refractivity contribution is -0.125. The Bertz CT molecular complexity index is 2570. The monoisotopic (exact) mass is 803 g/mol. The summed E-state index contributed by atoms with van der Waals surface area (Å²) in [6.45, 7) is 7.54. The lowest BCUT2D eigenvalue weighted by atomic mass is 10.0. The standard InChI is InChI=1S/C48H49N7O5/c1-31-14-18-43(46(56)51-31)55-47(57)38-12-6-13-41(45(38)48(55)58)52-35-10-7-22-54(30-35)23-25-59-36-11-5-9-32(26-36)8-3-2-4-24-60-44-19-16-34(28-50-44)33-15-17-37-39-29-49-21-20-40(39)53-42(37)27-33/h5-6,9,11-13,15-17,19-21,26-29,35,43,52-53H,1-4,7-8,10,14,18,22-25,30H2,(H,51,56). The van der Waals surface area contributed by atoms with E-state index in [4.69, 9.17) is 9.47 Å². The average Bonchev–Trinajstić information content (AvgIpc) is 3.76. The van der Waals surface area contributed by atoms with Crippen LogP contribution in [0.15, 0.2) is 110 Å². The molecule has 306 valence electrons. The first-order chi connectivity index (χ1) is 29.4. The molecule has 0 spiro atoms. The van der Waals surface area contributed by atoms with Gasteiger partial charge in [0.2, 0.25) is 11.8 Å². The van der Waals surface area contributed by atoms with Crippen molar-refractivity contribution in [2.75, 3.05) is 38.2 Å². The number of benzene rings is 3. The zero-order valence-corrected chi connectivity index (χ0v) is 33.6. The highest BCUT2D eigenvalue weighted by Crippen LogP contribution is 2.34. The maximum Gasteiger partial charge on any atom is 0.264 e. The van der Waals surface area contributed by atoms with Crippen LogP contribution >= 0.6 is 0 Å². The molecule has 3 amide bonds. The summed E-state index contributed by atoms with van der Waals surface area (Å²) in [5, 5.41) is 8.55. The highest BCUT2D eigenvalue weighted by atomic mass is 16.5. The number of hydrogen-bond acceptors (Lipinski definition) is 9. The molecule has 3 aliphatic heterocycles. The van der Waals surface area contributed by atoms with Crippen molar-refractivity contribution in [2.45, 2.75) is 63.5 Å².